The van der Waals surface area contributed by atoms with Gasteiger partial charge in [-0.05, 0) is 64.2 Å². The molecular formula is C60H107O11P. The fourth-order valence-corrected chi connectivity index (χ4v) is 8.81. The van der Waals surface area contributed by atoms with Gasteiger partial charge >= 0.3 is 25.7 Å². The van der Waals surface area contributed by atoms with Crippen LogP contribution >= 0.6 is 7.82 Å². The summed E-state index contributed by atoms with van der Waals surface area (Å²) in [5, 5.41) is 9.81. The van der Waals surface area contributed by atoms with E-state index in [0.717, 1.165) is 89.9 Å². The number of carbonyl (C=O) groups is 3. The van der Waals surface area contributed by atoms with Gasteiger partial charge in [0.25, 0.3) is 0 Å². The number of carbonyl (C=O) groups excluding carboxylic acids is 3. The second-order valence-electron chi connectivity index (χ2n) is 19.4. The van der Waals surface area contributed by atoms with Crippen molar-refractivity contribution in [2.45, 2.75) is 277 Å². The zero-order valence-electron chi connectivity index (χ0n) is 46.1. The molecule has 3 atom stereocenters. The first-order valence-corrected chi connectivity index (χ1v) is 30.7. The molecule has 0 radical (unpaired) electrons. The van der Waals surface area contributed by atoms with E-state index in [-0.39, 0.29) is 25.9 Å². The van der Waals surface area contributed by atoms with Gasteiger partial charge in [-0.15, -0.1) is 0 Å². The highest BCUT2D eigenvalue weighted by atomic mass is 31.2. The Bertz CT molecular complexity index is 1440. The number of phosphoric acid groups is 1. The third kappa shape index (κ3) is 52.1. The van der Waals surface area contributed by atoms with E-state index in [1.807, 2.05) is 0 Å². The second kappa shape index (κ2) is 54.4. The number of esters is 3. The molecule has 0 bridgehead atoms. The van der Waals surface area contributed by atoms with Crippen LogP contribution in [-0.4, -0.2) is 66.5 Å². The van der Waals surface area contributed by atoms with Crippen LogP contribution in [0.4, 0.5) is 0 Å². The van der Waals surface area contributed by atoms with Crippen molar-refractivity contribution >= 4 is 25.7 Å². The Labute approximate surface area is 440 Å². The number of allylic oxidation sites excluding steroid dienone is 10. The quantitative estimate of drug-likeness (QED) is 0.0197. The zero-order chi connectivity index (χ0) is 52.7. The molecule has 3 unspecified atom stereocenters. The molecule has 0 aliphatic rings. The Hall–Kier alpha value is -2.82. The van der Waals surface area contributed by atoms with Crippen LogP contribution in [0.25, 0.3) is 0 Å². The highest BCUT2D eigenvalue weighted by Gasteiger charge is 2.28. The van der Waals surface area contributed by atoms with Crippen LogP contribution in [0.3, 0.4) is 0 Å². The first kappa shape index (κ1) is 69.2. The van der Waals surface area contributed by atoms with Crippen LogP contribution < -0.4 is 0 Å². The summed E-state index contributed by atoms with van der Waals surface area (Å²) in [5.41, 5.74) is 0. The largest absolute Gasteiger partial charge is 0.472 e. The average Bonchev–Trinajstić information content (AvgIpc) is 3.37. The first-order chi connectivity index (χ1) is 35.2. The van der Waals surface area contributed by atoms with Gasteiger partial charge in [-0.1, -0.05) is 242 Å². The summed E-state index contributed by atoms with van der Waals surface area (Å²) in [4.78, 5) is 48.5. The summed E-state index contributed by atoms with van der Waals surface area (Å²) >= 11 is 0. The van der Waals surface area contributed by atoms with Crippen molar-refractivity contribution in [3.8, 4) is 0 Å². The molecular weight excluding hydrogens is 928 g/mol. The minimum absolute atomic E-state index is 0.130. The lowest BCUT2D eigenvalue weighted by Gasteiger charge is -2.21. The van der Waals surface area contributed by atoms with Gasteiger partial charge in [0.05, 0.1) is 19.8 Å². The van der Waals surface area contributed by atoms with Crippen LogP contribution in [-0.2, 0) is 42.2 Å². The molecule has 11 nitrogen and oxygen atoms in total. The number of ether oxygens (including phenoxy) is 3. The second-order valence-corrected chi connectivity index (χ2v) is 20.9. The van der Waals surface area contributed by atoms with E-state index in [0.29, 0.717) is 19.3 Å². The van der Waals surface area contributed by atoms with Crippen molar-refractivity contribution in [3.05, 3.63) is 60.8 Å². The molecule has 0 spiro atoms. The van der Waals surface area contributed by atoms with Gasteiger partial charge in [-0.25, -0.2) is 4.57 Å². The van der Waals surface area contributed by atoms with Gasteiger partial charge < -0.3 is 24.2 Å². The van der Waals surface area contributed by atoms with E-state index >= 15 is 0 Å². The van der Waals surface area contributed by atoms with Crippen molar-refractivity contribution in [1.29, 1.82) is 0 Å². The maximum Gasteiger partial charge on any atom is 0.472 e. The molecule has 0 rings (SSSR count). The van der Waals surface area contributed by atoms with E-state index in [1.165, 1.54) is 116 Å². The predicted octanol–water partition coefficient (Wildman–Crippen LogP) is 17.1. The highest BCUT2D eigenvalue weighted by molar-refractivity contribution is 7.47. The van der Waals surface area contributed by atoms with Crippen LogP contribution in [0.1, 0.15) is 265 Å². The van der Waals surface area contributed by atoms with Gasteiger partial charge in [0.15, 0.2) is 6.10 Å². The normalized spacial score (nSPS) is 13.8. The standard InChI is InChI=1S/C60H107O11P/c1-4-7-10-13-16-19-22-24-26-27-28-29-31-33-36-39-42-45-48-51-60(64)71-57(53-67-58(62)49-46-43-40-37-34-21-18-15-12-9-6-3)55-69-72(65,66)68-54-56(52-61)70-59(63)50-47-44-41-38-35-32-30-25-23-20-17-14-11-8-5-2/h7,10,16,19,24,26,28-29,33,36,56-57,61H,4-6,8-9,11-15,17-18,20-23,25,27,30-32,34-35,37-55H2,1-3H3,(H,65,66)/b10-7-,19-16-,26-24-,29-28-,36-33-. The molecule has 0 aliphatic heterocycles. The van der Waals surface area contributed by atoms with Gasteiger partial charge in [-0.3, -0.25) is 23.4 Å². The number of hydrogen-bond acceptors (Lipinski definition) is 10. The lowest BCUT2D eigenvalue weighted by Crippen LogP contribution is -2.30. The van der Waals surface area contributed by atoms with Crippen LogP contribution in [0.15, 0.2) is 60.8 Å². The van der Waals surface area contributed by atoms with Crippen LogP contribution in [0, 0.1) is 0 Å². The summed E-state index contributed by atoms with van der Waals surface area (Å²) in [6.45, 7) is 4.51. The minimum Gasteiger partial charge on any atom is -0.462 e. The number of unbranched alkanes of at least 4 members (excludes halogenated alkanes) is 27. The van der Waals surface area contributed by atoms with E-state index < -0.39 is 57.8 Å². The molecule has 2 N–H and O–H groups in total. The fraction of sp³-hybridized carbons (Fsp3) is 0.783. The van der Waals surface area contributed by atoms with Gasteiger partial charge in [0.2, 0.25) is 0 Å². The summed E-state index contributed by atoms with van der Waals surface area (Å²) in [5.74, 6) is -1.49. The Morgan fingerprint density at radius 1 is 0.403 bits per heavy atom. The van der Waals surface area contributed by atoms with Gasteiger partial charge in [0, 0.05) is 19.3 Å². The molecule has 72 heavy (non-hydrogen) atoms. The molecule has 0 saturated heterocycles. The predicted molar refractivity (Wildman–Crippen MR) is 298 cm³/mol. The Morgan fingerprint density at radius 3 is 1.11 bits per heavy atom. The van der Waals surface area contributed by atoms with Crippen molar-refractivity contribution < 1.29 is 52.2 Å². The molecule has 0 fully saturated rings. The molecule has 418 valence electrons. The Balaban J connectivity index is 4.72. The summed E-state index contributed by atoms with van der Waals surface area (Å²) in [6, 6.07) is 0. The summed E-state index contributed by atoms with van der Waals surface area (Å²) < 4.78 is 39.5. The summed E-state index contributed by atoms with van der Waals surface area (Å²) in [6.07, 6.45) is 58.9. The van der Waals surface area contributed by atoms with E-state index in [2.05, 4.69) is 81.5 Å². The molecule has 0 amide bonds. The van der Waals surface area contributed by atoms with E-state index in [9.17, 15) is 28.9 Å². The van der Waals surface area contributed by atoms with Crippen molar-refractivity contribution in [1.82, 2.24) is 0 Å². The highest BCUT2D eigenvalue weighted by Crippen LogP contribution is 2.43. The van der Waals surface area contributed by atoms with Crippen molar-refractivity contribution in [2.24, 2.45) is 0 Å². The van der Waals surface area contributed by atoms with E-state index in [1.54, 1.807) is 0 Å². The van der Waals surface area contributed by atoms with Crippen LogP contribution in [0.2, 0.25) is 0 Å². The maximum absolute atomic E-state index is 12.9. The minimum atomic E-state index is -4.75. The molecule has 12 heteroatoms. The molecule has 0 aliphatic carbocycles. The van der Waals surface area contributed by atoms with Crippen molar-refractivity contribution in [3.63, 3.8) is 0 Å². The molecule has 0 heterocycles. The number of phosphoric ester groups is 1. The number of rotatable bonds is 54. The zero-order valence-corrected chi connectivity index (χ0v) is 47.0. The molecule has 0 aromatic heterocycles. The average molecular weight is 1040 g/mol. The van der Waals surface area contributed by atoms with Crippen molar-refractivity contribution in [2.75, 3.05) is 26.4 Å². The number of aliphatic hydroxyl groups is 1. The third-order valence-electron chi connectivity index (χ3n) is 12.5. The number of aliphatic hydroxyl groups excluding tert-OH is 1. The fourth-order valence-electron chi connectivity index (χ4n) is 8.03. The maximum atomic E-state index is 12.9. The first-order valence-electron chi connectivity index (χ1n) is 29.2. The Morgan fingerprint density at radius 2 is 0.722 bits per heavy atom. The molecule has 0 aromatic rings. The van der Waals surface area contributed by atoms with Crippen LogP contribution in [0.5, 0.6) is 0 Å². The molecule has 0 aromatic carbocycles. The monoisotopic (exact) mass is 1030 g/mol. The smallest absolute Gasteiger partial charge is 0.462 e. The summed E-state index contributed by atoms with van der Waals surface area (Å²) in [7, 11) is -4.75. The number of hydrogen-bond donors (Lipinski definition) is 2. The Kier molecular flexibility index (Phi) is 52.3. The lowest BCUT2D eigenvalue weighted by molar-refractivity contribution is -0.161. The lowest BCUT2D eigenvalue weighted by atomic mass is 10.0. The SMILES string of the molecule is CC/C=C\C/C=C\C/C=C\C/C=C\C/C=C\CCCCCC(=O)OC(COC(=O)CCCCCCCCCCCCC)COP(=O)(O)OCC(CO)OC(=O)CCCCCCCCCCCCCCCCC. The van der Waals surface area contributed by atoms with Gasteiger partial charge in [-0.2, -0.15) is 0 Å². The third-order valence-corrected chi connectivity index (χ3v) is 13.4. The topological polar surface area (TPSA) is 155 Å². The molecule has 0 saturated carbocycles. The van der Waals surface area contributed by atoms with Gasteiger partial charge in [0.1, 0.15) is 12.7 Å². The van der Waals surface area contributed by atoms with E-state index in [4.69, 9.17) is 23.3 Å².